The van der Waals surface area contributed by atoms with Gasteiger partial charge in [-0.05, 0) is 110 Å². The van der Waals surface area contributed by atoms with Crippen molar-refractivity contribution >= 4 is 66.3 Å². The summed E-state index contributed by atoms with van der Waals surface area (Å²) in [5.74, 6) is 0. The Morgan fingerprint density at radius 1 is 0.426 bits per heavy atom. The molecule has 0 fully saturated rings. The van der Waals surface area contributed by atoms with Crippen molar-refractivity contribution < 1.29 is 0 Å². The standard InChI is InChI=1S/C48H56N2O2S2/c1-5-9-13-15-17-35-21-25-45(53-35)33-19-23-41-37(29-33)47(51)39-31-44-40(32-43(39)49(41)27-11-7-3)48(52)38-30-34(20-24-42(38)50(44)28-12-8-4)46-26-22-36(54-46)18-16-14-10-6-2/h19-26,29-32H,5-18,27-28H2,1-4H3. The van der Waals surface area contributed by atoms with Crippen molar-refractivity contribution in [3.8, 4) is 20.9 Å². The number of benzene rings is 3. The highest BCUT2D eigenvalue weighted by molar-refractivity contribution is 7.15. The van der Waals surface area contributed by atoms with Gasteiger partial charge in [0.1, 0.15) is 0 Å². The van der Waals surface area contributed by atoms with Crippen molar-refractivity contribution in [1.29, 1.82) is 0 Å². The lowest BCUT2D eigenvalue weighted by Crippen LogP contribution is -2.16. The lowest BCUT2D eigenvalue weighted by atomic mass is 10.0. The average molecular weight is 757 g/mol. The summed E-state index contributed by atoms with van der Waals surface area (Å²) in [6, 6.07) is 25.9. The van der Waals surface area contributed by atoms with Gasteiger partial charge in [0.05, 0.1) is 22.1 Å². The Morgan fingerprint density at radius 2 is 0.833 bits per heavy atom. The van der Waals surface area contributed by atoms with Gasteiger partial charge < -0.3 is 9.13 Å². The summed E-state index contributed by atoms with van der Waals surface area (Å²) in [7, 11) is 0. The first-order valence-electron chi connectivity index (χ1n) is 20.7. The Bertz CT molecular complexity index is 2340. The van der Waals surface area contributed by atoms with Gasteiger partial charge in [0, 0.05) is 54.1 Å². The van der Waals surface area contributed by atoms with E-state index in [0.29, 0.717) is 10.8 Å². The number of aromatic nitrogens is 2. The smallest absolute Gasteiger partial charge is 0.197 e. The van der Waals surface area contributed by atoms with Crippen LogP contribution in [-0.2, 0) is 25.9 Å². The molecule has 0 aliphatic carbocycles. The molecule has 3 aromatic carbocycles. The van der Waals surface area contributed by atoms with Crippen LogP contribution in [0.5, 0.6) is 0 Å². The van der Waals surface area contributed by atoms with Gasteiger partial charge in [-0.15, -0.1) is 22.7 Å². The second-order valence-corrected chi connectivity index (χ2v) is 17.5. The van der Waals surface area contributed by atoms with Gasteiger partial charge in [-0.2, -0.15) is 0 Å². The minimum Gasteiger partial charge on any atom is -0.340 e. The molecule has 282 valence electrons. The van der Waals surface area contributed by atoms with E-state index >= 15 is 0 Å². The van der Waals surface area contributed by atoms with Crippen LogP contribution in [0, 0.1) is 0 Å². The molecule has 0 atom stereocenters. The van der Waals surface area contributed by atoms with Gasteiger partial charge in [-0.3, -0.25) is 9.59 Å². The van der Waals surface area contributed by atoms with Crippen LogP contribution >= 0.6 is 22.7 Å². The molecule has 0 radical (unpaired) electrons. The van der Waals surface area contributed by atoms with E-state index in [1.807, 2.05) is 34.8 Å². The second-order valence-electron chi connectivity index (χ2n) is 15.2. The molecular weight excluding hydrogens is 701 g/mol. The van der Waals surface area contributed by atoms with Gasteiger partial charge in [0.2, 0.25) is 0 Å². The first kappa shape index (κ1) is 38.3. The van der Waals surface area contributed by atoms with Crippen molar-refractivity contribution in [3.63, 3.8) is 0 Å². The normalized spacial score (nSPS) is 11.9. The van der Waals surface area contributed by atoms with Gasteiger partial charge >= 0.3 is 0 Å². The fourth-order valence-corrected chi connectivity index (χ4v) is 10.1. The van der Waals surface area contributed by atoms with Crippen molar-refractivity contribution in [2.45, 2.75) is 131 Å². The molecule has 0 unspecified atom stereocenters. The van der Waals surface area contributed by atoms with Crippen LogP contribution in [0.3, 0.4) is 0 Å². The number of pyridine rings is 2. The van der Waals surface area contributed by atoms with Crippen LogP contribution in [0.4, 0.5) is 0 Å². The Kier molecular flexibility index (Phi) is 12.5. The summed E-state index contributed by atoms with van der Waals surface area (Å²) >= 11 is 3.71. The third-order valence-electron chi connectivity index (χ3n) is 11.2. The van der Waals surface area contributed by atoms with E-state index in [1.165, 1.54) is 70.9 Å². The minimum atomic E-state index is 0.0426. The highest BCUT2D eigenvalue weighted by Gasteiger charge is 2.19. The minimum absolute atomic E-state index is 0.0426. The monoisotopic (exact) mass is 756 g/mol. The molecule has 0 spiro atoms. The van der Waals surface area contributed by atoms with E-state index < -0.39 is 0 Å². The van der Waals surface area contributed by atoms with Crippen molar-refractivity contribution in [2.24, 2.45) is 0 Å². The fourth-order valence-electron chi connectivity index (χ4n) is 8.05. The van der Waals surface area contributed by atoms with Gasteiger partial charge in [0.15, 0.2) is 10.9 Å². The van der Waals surface area contributed by atoms with E-state index in [4.69, 9.17) is 0 Å². The number of hydrogen-bond donors (Lipinski definition) is 0. The summed E-state index contributed by atoms with van der Waals surface area (Å²) in [6.07, 6.45) is 16.4. The topological polar surface area (TPSA) is 44.0 Å². The van der Waals surface area contributed by atoms with E-state index in [1.54, 1.807) is 0 Å². The van der Waals surface area contributed by atoms with Crippen LogP contribution in [-0.4, -0.2) is 9.13 Å². The fraction of sp³-hybridized carbons (Fsp3) is 0.417. The van der Waals surface area contributed by atoms with Crippen LogP contribution in [0.15, 0.2) is 82.4 Å². The molecule has 4 aromatic heterocycles. The molecule has 4 heterocycles. The number of hydrogen-bond acceptors (Lipinski definition) is 4. The van der Waals surface area contributed by atoms with Gasteiger partial charge in [0.25, 0.3) is 0 Å². The molecule has 7 aromatic rings. The number of thiophene rings is 2. The third-order valence-corrected chi connectivity index (χ3v) is 13.6. The quantitative estimate of drug-likeness (QED) is 0.0646. The molecule has 0 aliphatic heterocycles. The number of unbranched alkanes of at least 4 members (excludes halogenated alkanes) is 8. The maximum atomic E-state index is 14.6. The summed E-state index contributed by atoms with van der Waals surface area (Å²) in [5, 5.41) is 2.89. The van der Waals surface area contributed by atoms with Gasteiger partial charge in [-0.25, -0.2) is 0 Å². The number of nitrogens with zero attached hydrogens (tertiary/aromatic N) is 2. The Labute approximate surface area is 328 Å². The van der Waals surface area contributed by atoms with Crippen LogP contribution in [0.25, 0.3) is 64.5 Å². The lowest BCUT2D eigenvalue weighted by molar-refractivity contribution is 0.660. The lowest BCUT2D eigenvalue weighted by Gasteiger charge is -2.19. The van der Waals surface area contributed by atoms with Gasteiger partial charge in [-0.1, -0.05) is 91.2 Å². The SMILES string of the molecule is CCCCCCc1ccc(-c2ccc3c(c2)c(=O)c2cc4c(cc2n3CCCC)c(=O)c2cc(-c3ccc(CCCCCC)s3)ccc2n4CCCC)s1. The first-order valence-corrected chi connectivity index (χ1v) is 22.4. The Balaban J connectivity index is 1.37. The second kappa shape index (κ2) is 17.6. The summed E-state index contributed by atoms with van der Waals surface area (Å²) in [4.78, 5) is 34.5. The summed E-state index contributed by atoms with van der Waals surface area (Å²) in [5.41, 5.74) is 5.88. The van der Waals surface area contributed by atoms with Crippen molar-refractivity contribution in [1.82, 2.24) is 9.13 Å². The largest absolute Gasteiger partial charge is 0.340 e. The molecule has 0 aliphatic rings. The zero-order chi connectivity index (χ0) is 37.6. The highest BCUT2D eigenvalue weighted by Crippen LogP contribution is 2.35. The number of rotatable bonds is 18. The maximum Gasteiger partial charge on any atom is 0.197 e. The Hall–Kier alpha value is -4.00. The van der Waals surface area contributed by atoms with Crippen LogP contribution in [0.2, 0.25) is 0 Å². The first-order chi connectivity index (χ1) is 26.4. The molecule has 0 bridgehead atoms. The zero-order valence-corrected chi connectivity index (χ0v) is 34.4. The molecule has 0 amide bonds. The number of aryl methyl sites for hydroxylation is 4. The van der Waals surface area contributed by atoms with E-state index in [2.05, 4.69) is 97.5 Å². The molecular formula is C48H56N2O2S2. The molecule has 0 saturated carbocycles. The summed E-state index contributed by atoms with van der Waals surface area (Å²) in [6.45, 7) is 10.5. The van der Waals surface area contributed by atoms with E-state index in [0.717, 1.165) is 95.6 Å². The molecule has 4 nitrogen and oxygen atoms in total. The third kappa shape index (κ3) is 7.88. The zero-order valence-electron chi connectivity index (χ0n) is 32.8. The maximum absolute atomic E-state index is 14.6. The molecule has 54 heavy (non-hydrogen) atoms. The predicted molar refractivity (Wildman–Crippen MR) is 237 cm³/mol. The van der Waals surface area contributed by atoms with Crippen LogP contribution < -0.4 is 10.9 Å². The molecule has 7 rings (SSSR count). The number of fused-ring (bicyclic) bond motifs is 4. The highest BCUT2D eigenvalue weighted by atomic mass is 32.1. The molecule has 0 N–H and O–H groups in total. The van der Waals surface area contributed by atoms with E-state index in [9.17, 15) is 9.59 Å². The summed E-state index contributed by atoms with van der Waals surface area (Å²) < 4.78 is 4.60. The van der Waals surface area contributed by atoms with Crippen molar-refractivity contribution in [2.75, 3.05) is 0 Å². The predicted octanol–water partition coefficient (Wildman–Crippen LogP) is 13.9. The molecule has 0 saturated heterocycles. The average Bonchev–Trinajstić information content (AvgIpc) is 3.88. The Morgan fingerprint density at radius 3 is 1.24 bits per heavy atom. The molecule has 6 heteroatoms. The van der Waals surface area contributed by atoms with Crippen molar-refractivity contribution in [3.05, 3.63) is 103 Å². The van der Waals surface area contributed by atoms with Crippen LogP contribution in [0.1, 0.15) is 114 Å². The van der Waals surface area contributed by atoms with E-state index in [-0.39, 0.29) is 10.9 Å².